The van der Waals surface area contributed by atoms with Crippen LogP contribution in [0, 0.1) is 5.92 Å². The Bertz CT molecular complexity index is 408. The minimum atomic E-state index is 0.353. The van der Waals surface area contributed by atoms with Gasteiger partial charge in [-0.1, -0.05) is 62.0 Å². The van der Waals surface area contributed by atoms with Crippen LogP contribution in [0.25, 0.3) is 0 Å². The molecule has 1 aromatic rings. The van der Waals surface area contributed by atoms with Crippen molar-refractivity contribution in [3.63, 3.8) is 0 Å². The summed E-state index contributed by atoms with van der Waals surface area (Å²) in [6, 6.07) is 6.68. The molecule has 2 unspecified atom stereocenters. The first-order valence-corrected chi connectivity index (χ1v) is 9.07. The normalized spacial score (nSPS) is 14.0. The van der Waals surface area contributed by atoms with Gasteiger partial charge in [-0.2, -0.15) is 0 Å². The average molecular weight is 356 g/mol. The van der Waals surface area contributed by atoms with E-state index < -0.39 is 0 Å². The molecule has 3 heteroatoms. The van der Waals surface area contributed by atoms with E-state index in [1.54, 1.807) is 0 Å². The first kappa shape index (κ1) is 18.5. The van der Waals surface area contributed by atoms with Gasteiger partial charge in [0.2, 0.25) is 0 Å². The zero-order chi connectivity index (χ0) is 15.7. The Labute approximate surface area is 138 Å². The van der Waals surface area contributed by atoms with Crippen LogP contribution in [-0.4, -0.2) is 13.2 Å². The fraction of sp³-hybridized carbons (Fsp3) is 0.667. The summed E-state index contributed by atoms with van der Waals surface area (Å²) in [7, 11) is 0. The molecule has 0 radical (unpaired) electrons. The van der Waals surface area contributed by atoms with Gasteiger partial charge >= 0.3 is 0 Å². The Balaban J connectivity index is 2.58. The summed E-state index contributed by atoms with van der Waals surface area (Å²) in [5.41, 5.74) is 1.28. The highest BCUT2D eigenvalue weighted by Gasteiger charge is 2.11. The molecular formula is C18H30BrNO. The van der Waals surface area contributed by atoms with E-state index in [2.05, 4.69) is 67.1 Å². The van der Waals surface area contributed by atoms with Crippen molar-refractivity contribution in [3.8, 4) is 5.75 Å². The largest absolute Gasteiger partial charge is 0.493 e. The van der Waals surface area contributed by atoms with Crippen LogP contribution in [0.5, 0.6) is 5.75 Å². The second-order valence-electron chi connectivity index (χ2n) is 5.69. The van der Waals surface area contributed by atoms with Crippen LogP contribution in [0.2, 0.25) is 0 Å². The molecule has 120 valence electrons. The van der Waals surface area contributed by atoms with E-state index in [1.165, 1.54) is 31.2 Å². The third-order valence-electron chi connectivity index (χ3n) is 3.98. The van der Waals surface area contributed by atoms with Gasteiger partial charge in [0, 0.05) is 10.5 Å². The summed E-state index contributed by atoms with van der Waals surface area (Å²) in [6.45, 7) is 10.6. The maximum Gasteiger partial charge on any atom is 0.120 e. The summed E-state index contributed by atoms with van der Waals surface area (Å²) in [4.78, 5) is 0. The SMILES string of the molecule is CCCCC(CC)COc1ccc(C(C)NCC)c(Br)c1. The Morgan fingerprint density at radius 3 is 2.57 bits per heavy atom. The maximum atomic E-state index is 5.98. The van der Waals surface area contributed by atoms with E-state index in [0.29, 0.717) is 12.0 Å². The van der Waals surface area contributed by atoms with Gasteiger partial charge in [-0.05, 0) is 43.5 Å². The first-order chi connectivity index (χ1) is 10.1. The van der Waals surface area contributed by atoms with Gasteiger partial charge in [-0.25, -0.2) is 0 Å². The first-order valence-electron chi connectivity index (χ1n) is 8.27. The van der Waals surface area contributed by atoms with Crippen molar-refractivity contribution in [1.29, 1.82) is 0 Å². The minimum Gasteiger partial charge on any atom is -0.493 e. The molecule has 2 atom stereocenters. The highest BCUT2D eigenvalue weighted by Crippen LogP contribution is 2.28. The molecule has 1 rings (SSSR count). The zero-order valence-corrected chi connectivity index (χ0v) is 15.5. The Morgan fingerprint density at radius 2 is 2.00 bits per heavy atom. The molecule has 2 nitrogen and oxygen atoms in total. The third-order valence-corrected chi connectivity index (χ3v) is 4.66. The highest BCUT2D eigenvalue weighted by atomic mass is 79.9. The number of nitrogens with one attached hydrogen (secondary N) is 1. The van der Waals surface area contributed by atoms with Crippen molar-refractivity contribution >= 4 is 15.9 Å². The van der Waals surface area contributed by atoms with Crippen LogP contribution in [0.15, 0.2) is 22.7 Å². The lowest BCUT2D eigenvalue weighted by molar-refractivity contribution is 0.233. The Morgan fingerprint density at radius 1 is 1.24 bits per heavy atom. The molecule has 1 N–H and O–H groups in total. The fourth-order valence-corrected chi connectivity index (χ4v) is 3.18. The molecule has 1 aromatic carbocycles. The number of ether oxygens (including phenoxy) is 1. The van der Waals surface area contributed by atoms with Gasteiger partial charge in [0.25, 0.3) is 0 Å². The molecular weight excluding hydrogens is 326 g/mol. The topological polar surface area (TPSA) is 21.3 Å². The van der Waals surface area contributed by atoms with Gasteiger partial charge in [-0.15, -0.1) is 0 Å². The standard InChI is InChI=1S/C18H30BrNO/c1-5-8-9-15(6-2)13-21-16-10-11-17(18(19)12-16)14(4)20-7-3/h10-12,14-15,20H,5-9,13H2,1-4H3. The van der Waals surface area contributed by atoms with Gasteiger partial charge in [0.1, 0.15) is 5.75 Å². The van der Waals surface area contributed by atoms with Crippen LogP contribution < -0.4 is 10.1 Å². The number of halogens is 1. The maximum absolute atomic E-state index is 5.98. The van der Waals surface area contributed by atoms with Crippen LogP contribution in [0.3, 0.4) is 0 Å². The zero-order valence-electron chi connectivity index (χ0n) is 13.9. The monoisotopic (exact) mass is 355 g/mol. The van der Waals surface area contributed by atoms with Crippen molar-refractivity contribution in [2.75, 3.05) is 13.2 Å². The van der Waals surface area contributed by atoms with E-state index in [0.717, 1.165) is 23.4 Å². The quantitative estimate of drug-likeness (QED) is 0.579. The summed E-state index contributed by atoms with van der Waals surface area (Å²) in [6.07, 6.45) is 5.02. The summed E-state index contributed by atoms with van der Waals surface area (Å²) < 4.78 is 7.10. The van der Waals surface area contributed by atoms with E-state index in [4.69, 9.17) is 4.74 Å². The predicted molar refractivity (Wildman–Crippen MR) is 95.0 cm³/mol. The van der Waals surface area contributed by atoms with Crippen molar-refractivity contribution < 1.29 is 4.74 Å². The van der Waals surface area contributed by atoms with E-state index in [9.17, 15) is 0 Å². The number of rotatable bonds is 10. The lowest BCUT2D eigenvalue weighted by Gasteiger charge is -2.18. The summed E-state index contributed by atoms with van der Waals surface area (Å²) >= 11 is 3.66. The molecule has 0 amide bonds. The summed E-state index contributed by atoms with van der Waals surface area (Å²) in [5.74, 6) is 1.63. The van der Waals surface area contributed by atoms with E-state index in [-0.39, 0.29) is 0 Å². The van der Waals surface area contributed by atoms with Crippen LogP contribution >= 0.6 is 15.9 Å². The molecule has 0 heterocycles. The molecule has 21 heavy (non-hydrogen) atoms. The van der Waals surface area contributed by atoms with Crippen molar-refractivity contribution in [2.45, 2.75) is 59.4 Å². The molecule has 0 spiro atoms. The molecule has 0 bridgehead atoms. The van der Waals surface area contributed by atoms with Crippen molar-refractivity contribution in [1.82, 2.24) is 5.32 Å². The molecule has 0 aliphatic carbocycles. The lowest BCUT2D eigenvalue weighted by atomic mass is 10.0. The second kappa shape index (κ2) is 10.2. The highest BCUT2D eigenvalue weighted by molar-refractivity contribution is 9.10. The average Bonchev–Trinajstić information content (AvgIpc) is 2.47. The molecule has 0 saturated heterocycles. The van der Waals surface area contributed by atoms with Gasteiger partial charge < -0.3 is 10.1 Å². The fourth-order valence-electron chi connectivity index (χ4n) is 2.48. The van der Waals surface area contributed by atoms with Gasteiger partial charge in [0.05, 0.1) is 6.61 Å². The van der Waals surface area contributed by atoms with E-state index >= 15 is 0 Å². The minimum absolute atomic E-state index is 0.353. The van der Waals surface area contributed by atoms with Crippen LogP contribution in [0.1, 0.15) is 65.0 Å². The van der Waals surface area contributed by atoms with Gasteiger partial charge in [0.15, 0.2) is 0 Å². The number of hydrogen-bond donors (Lipinski definition) is 1. The molecule has 0 aliphatic rings. The van der Waals surface area contributed by atoms with Crippen molar-refractivity contribution in [3.05, 3.63) is 28.2 Å². The van der Waals surface area contributed by atoms with Crippen LogP contribution in [-0.2, 0) is 0 Å². The molecule has 0 saturated carbocycles. The number of benzene rings is 1. The Kier molecular flexibility index (Phi) is 9.02. The number of hydrogen-bond acceptors (Lipinski definition) is 2. The third kappa shape index (κ3) is 6.39. The summed E-state index contributed by atoms with van der Waals surface area (Å²) in [5, 5.41) is 3.43. The second-order valence-corrected chi connectivity index (χ2v) is 6.54. The number of unbranched alkanes of at least 4 members (excludes halogenated alkanes) is 1. The van der Waals surface area contributed by atoms with E-state index in [1.807, 2.05) is 0 Å². The molecule has 0 aromatic heterocycles. The predicted octanol–water partition coefficient (Wildman–Crippen LogP) is 5.71. The smallest absolute Gasteiger partial charge is 0.120 e. The van der Waals surface area contributed by atoms with Crippen molar-refractivity contribution in [2.24, 2.45) is 5.92 Å². The van der Waals surface area contributed by atoms with Gasteiger partial charge in [-0.3, -0.25) is 0 Å². The molecule has 0 aliphatic heterocycles. The lowest BCUT2D eigenvalue weighted by Crippen LogP contribution is -2.18. The Hall–Kier alpha value is -0.540. The molecule has 0 fully saturated rings. The van der Waals surface area contributed by atoms with Crippen LogP contribution in [0.4, 0.5) is 0 Å².